The minimum Gasteiger partial charge on any atom is -0.321 e. The zero-order valence-corrected chi connectivity index (χ0v) is 10.9. The van der Waals surface area contributed by atoms with Crippen molar-refractivity contribution in [3.63, 3.8) is 0 Å². The van der Waals surface area contributed by atoms with Gasteiger partial charge in [-0.1, -0.05) is 31.5 Å². The lowest BCUT2D eigenvalue weighted by molar-refractivity contribution is 0.427. The van der Waals surface area contributed by atoms with Crippen LogP contribution in [0.15, 0.2) is 36.7 Å². The molecule has 2 heteroatoms. The first-order valence-electron chi connectivity index (χ1n) is 6.85. The van der Waals surface area contributed by atoms with Crippen LogP contribution >= 0.6 is 0 Å². The Hall–Kier alpha value is -1.41. The van der Waals surface area contributed by atoms with Gasteiger partial charge in [0.25, 0.3) is 0 Å². The van der Waals surface area contributed by atoms with Gasteiger partial charge in [0.15, 0.2) is 0 Å². The molecule has 0 spiro atoms. The van der Waals surface area contributed by atoms with E-state index in [-0.39, 0.29) is 5.54 Å². The third-order valence-electron chi connectivity index (χ3n) is 4.45. The molecule has 94 valence electrons. The number of aromatic nitrogens is 1. The van der Waals surface area contributed by atoms with Crippen LogP contribution in [0.2, 0.25) is 0 Å². The van der Waals surface area contributed by atoms with Gasteiger partial charge in [0.05, 0.1) is 0 Å². The Morgan fingerprint density at radius 2 is 2.28 bits per heavy atom. The van der Waals surface area contributed by atoms with E-state index in [1.165, 1.54) is 29.2 Å². The zero-order chi connectivity index (χ0) is 12.6. The first-order chi connectivity index (χ1) is 8.73. The molecule has 1 heterocycles. The van der Waals surface area contributed by atoms with Gasteiger partial charge in [-0.2, -0.15) is 0 Å². The number of benzene rings is 1. The maximum absolute atomic E-state index is 6.69. The van der Waals surface area contributed by atoms with E-state index in [2.05, 4.69) is 36.2 Å². The number of hydrogen-bond acceptors (Lipinski definition) is 2. The van der Waals surface area contributed by atoms with Crippen molar-refractivity contribution in [3.05, 3.63) is 42.2 Å². The van der Waals surface area contributed by atoms with Gasteiger partial charge in [-0.15, -0.1) is 0 Å². The number of hydrogen-bond donors (Lipinski definition) is 1. The van der Waals surface area contributed by atoms with E-state index in [1.807, 2.05) is 12.4 Å². The van der Waals surface area contributed by atoms with Crippen molar-refractivity contribution in [2.24, 2.45) is 11.7 Å². The van der Waals surface area contributed by atoms with E-state index in [0.717, 1.165) is 18.8 Å². The lowest BCUT2D eigenvalue weighted by Gasteiger charge is -2.26. The first kappa shape index (κ1) is 11.7. The van der Waals surface area contributed by atoms with Gasteiger partial charge in [-0.3, -0.25) is 4.98 Å². The number of nitrogens with two attached hydrogens (primary N) is 1. The zero-order valence-electron chi connectivity index (χ0n) is 10.9. The SMILES string of the molecule is CCC1CCC(N)(c2cccc3cnccc23)C1. The van der Waals surface area contributed by atoms with Crippen molar-refractivity contribution >= 4 is 10.8 Å². The summed E-state index contributed by atoms with van der Waals surface area (Å²) in [6, 6.07) is 8.51. The van der Waals surface area contributed by atoms with Crippen LogP contribution in [0.25, 0.3) is 10.8 Å². The molecule has 1 fully saturated rings. The van der Waals surface area contributed by atoms with E-state index >= 15 is 0 Å². The quantitative estimate of drug-likeness (QED) is 0.871. The summed E-state index contributed by atoms with van der Waals surface area (Å²) in [5.74, 6) is 0.784. The Morgan fingerprint density at radius 1 is 1.39 bits per heavy atom. The Labute approximate surface area is 108 Å². The number of nitrogens with zero attached hydrogens (tertiary/aromatic N) is 1. The number of rotatable bonds is 2. The van der Waals surface area contributed by atoms with Gasteiger partial charge in [-0.05, 0) is 42.2 Å². The molecule has 2 nitrogen and oxygen atoms in total. The highest BCUT2D eigenvalue weighted by Gasteiger charge is 2.37. The van der Waals surface area contributed by atoms with E-state index in [9.17, 15) is 0 Å². The summed E-state index contributed by atoms with van der Waals surface area (Å²) >= 11 is 0. The molecular formula is C16H20N2. The van der Waals surface area contributed by atoms with Gasteiger partial charge in [0.1, 0.15) is 0 Å². The third-order valence-corrected chi connectivity index (χ3v) is 4.45. The van der Waals surface area contributed by atoms with Crippen molar-refractivity contribution in [2.75, 3.05) is 0 Å². The Bertz CT molecular complexity index is 559. The summed E-state index contributed by atoms with van der Waals surface area (Å²) < 4.78 is 0. The van der Waals surface area contributed by atoms with Gasteiger partial charge < -0.3 is 5.73 Å². The molecule has 0 aliphatic heterocycles. The van der Waals surface area contributed by atoms with Gasteiger partial charge in [0, 0.05) is 23.3 Å². The average molecular weight is 240 g/mol. The van der Waals surface area contributed by atoms with E-state index in [0.29, 0.717) is 0 Å². The molecule has 18 heavy (non-hydrogen) atoms. The molecular weight excluding hydrogens is 220 g/mol. The van der Waals surface area contributed by atoms with Crippen LogP contribution in [0.5, 0.6) is 0 Å². The number of pyridine rings is 1. The molecule has 1 aromatic carbocycles. The maximum Gasteiger partial charge on any atom is 0.0418 e. The molecule has 2 N–H and O–H groups in total. The van der Waals surface area contributed by atoms with Gasteiger partial charge in [-0.25, -0.2) is 0 Å². The summed E-state index contributed by atoms with van der Waals surface area (Å²) in [6.45, 7) is 2.27. The van der Waals surface area contributed by atoms with Crippen LogP contribution in [0, 0.1) is 5.92 Å². The molecule has 2 aromatic rings. The first-order valence-corrected chi connectivity index (χ1v) is 6.85. The predicted molar refractivity (Wildman–Crippen MR) is 75.2 cm³/mol. The summed E-state index contributed by atoms with van der Waals surface area (Å²) in [4.78, 5) is 4.19. The largest absolute Gasteiger partial charge is 0.321 e. The normalized spacial score (nSPS) is 27.8. The summed E-state index contributed by atoms with van der Waals surface area (Å²) in [7, 11) is 0. The fourth-order valence-electron chi connectivity index (χ4n) is 3.33. The molecule has 1 aliphatic rings. The highest BCUT2D eigenvalue weighted by atomic mass is 14.8. The van der Waals surface area contributed by atoms with E-state index in [4.69, 9.17) is 5.73 Å². The monoisotopic (exact) mass is 240 g/mol. The Balaban J connectivity index is 2.09. The highest BCUT2D eigenvalue weighted by Crippen LogP contribution is 2.43. The molecule has 1 saturated carbocycles. The molecule has 2 atom stereocenters. The minimum absolute atomic E-state index is 0.137. The summed E-state index contributed by atoms with van der Waals surface area (Å²) in [6.07, 6.45) is 8.51. The molecule has 0 bridgehead atoms. The second-order valence-corrected chi connectivity index (χ2v) is 5.58. The molecule has 0 radical (unpaired) electrons. The molecule has 2 unspecified atom stereocenters. The van der Waals surface area contributed by atoms with Crippen LogP contribution in [-0.4, -0.2) is 4.98 Å². The van der Waals surface area contributed by atoms with Crippen molar-refractivity contribution in [3.8, 4) is 0 Å². The van der Waals surface area contributed by atoms with Crippen LogP contribution in [0.4, 0.5) is 0 Å². The molecule has 0 amide bonds. The number of fused-ring (bicyclic) bond motifs is 1. The minimum atomic E-state index is -0.137. The molecule has 1 aliphatic carbocycles. The molecule has 3 rings (SSSR count). The Morgan fingerprint density at radius 3 is 3.06 bits per heavy atom. The lowest BCUT2D eigenvalue weighted by Crippen LogP contribution is -2.33. The topological polar surface area (TPSA) is 38.9 Å². The molecule has 1 aromatic heterocycles. The van der Waals surface area contributed by atoms with Crippen LogP contribution in [0.3, 0.4) is 0 Å². The van der Waals surface area contributed by atoms with E-state index < -0.39 is 0 Å². The predicted octanol–water partition coefficient (Wildman–Crippen LogP) is 3.60. The standard InChI is InChI=1S/C16H20N2/c1-2-12-6-8-16(17,10-12)15-5-3-4-13-11-18-9-7-14(13)15/h3-5,7,9,11-12H,2,6,8,10,17H2,1H3. The van der Waals surface area contributed by atoms with Crippen molar-refractivity contribution in [1.82, 2.24) is 4.98 Å². The van der Waals surface area contributed by atoms with E-state index in [1.54, 1.807) is 0 Å². The van der Waals surface area contributed by atoms with Crippen LogP contribution < -0.4 is 5.73 Å². The maximum atomic E-state index is 6.69. The molecule has 0 saturated heterocycles. The third kappa shape index (κ3) is 1.81. The van der Waals surface area contributed by atoms with Crippen molar-refractivity contribution in [1.29, 1.82) is 0 Å². The fourth-order valence-corrected chi connectivity index (χ4v) is 3.33. The van der Waals surface area contributed by atoms with Gasteiger partial charge >= 0.3 is 0 Å². The Kier molecular flexibility index (Phi) is 2.83. The van der Waals surface area contributed by atoms with Crippen LogP contribution in [0.1, 0.15) is 38.2 Å². The fraction of sp³-hybridized carbons (Fsp3) is 0.438. The highest BCUT2D eigenvalue weighted by molar-refractivity contribution is 5.85. The summed E-state index contributed by atoms with van der Waals surface area (Å²) in [5.41, 5.74) is 7.86. The van der Waals surface area contributed by atoms with Crippen molar-refractivity contribution < 1.29 is 0 Å². The summed E-state index contributed by atoms with van der Waals surface area (Å²) in [5, 5.41) is 2.46. The smallest absolute Gasteiger partial charge is 0.0418 e. The second kappa shape index (κ2) is 4.36. The van der Waals surface area contributed by atoms with Crippen molar-refractivity contribution in [2.45, 2.75) is 38.1 Å². The van der Waals surface area contributed by atoms with Crippen LogP contribution in [-0.2, 0) is 5.54 Å². The lowest BCUT2D eigenvalue weighted by atomic mass is 9.85. The van der Waals surface area contributed by atoms with Gasteiger partial charge in [0.2, 0.25) is 0 Å². The second-order valence-electron chi connectivity index (χ2n) is 5.58. The average Bonchev–Trinajstić information content (AvgIpc) is 2.81.